The Morgan fingerprint density at radius 2 is 1.32 bits per heavy atom. The molecule has 0 spiro atoms. The summed E-state index contributed by atoms with van der Waals surface area (Å²) in [4.78, 5) is 0. The third-order valence-corrected chi connectivity index (χ3v) is 4.86. The minimum absolute atomic E-state index is 0.831. The van der Waals surface area contributed by atoms with Crippen LogP contribution in [0, 0.1) is 5.92 Å². The van der Waals surface area contributed by atoms with Crippen LogP contribution >= 0.6 is 0 Å². The van der Waals surface area contributed by atoms with E-state index in [1.165, 1.54) is 63.4 Å². The molecule has 2 aromatic rings. The van der Waals surface area contributed by atoms with Crippen molar-refractivity contribution in [1.82, 2.24) is 0 Å². The van der Waals surface area contributed by atoms with Gasteiger partial charge in [-0.1, -0.05) is 95.5 Å². The lowest BCUT2D eigenvalue weighted by Crippen LogP contribution is -2.05. The molecule has 0 amide bonds. The molecular formula is C24H34O. The number of rotatable bonds is 12. The zero-order valence-corrected chi connectivity index (χ0v) is 16.0. The number of ether oxygens (including phenoxy) is 1. The molecule has 0 saturated heterocycles. The van der Waals surface area contributed by atoms with Crippen LogP contribution in [0.1, 0.15) is 70.8 Å². The second-order valence-electron chi connectivity index (χ2n) is 7.12. The molecule has 0 bridgehead atoms. The molecule has 1 unspecified atom stereocenters. The summed E-state index contributed by atoms with van der Waals surface area (Å²) in [6.45, 7) is 4.58. The van der Waals surface area contributed by atoms with Crippen molar-refractivity contribution in [2.75, 3.05) is 0 Å². The average Bonchev–Trinajstić information content (AvgIpc) is 2.65. The van der Waals surface area contributed by atoms with Gasteiger partial charge < -0.3 is 4.74 Å². The van der Waals surface area contributed by atoms with Crippen molar-refractivity contribution in [3.63, 3.8) is 0 Å². The Labute approximate surface area is 154 Å². The Kier molecular flexibility index (Phi) is 9.18. The first-order valence-corrected chi connectivity index (χ1v) is 10.1. The van der Waals surface area contributed by atoms with E-state index < -0.39 is 0 Å². The van der Waals surface area contributed by atoms with Crippen LogP contribution in [0.5, 0.6) is 11.5 Å². The highest BCUT2D eigenvalue weighted by Gasteiger charge is 2.10. The smallest absolute Gasteiger partial charge is 0.127 e. The molecule has 1 heteroatoms. The monoisotopic (exact) mass is 338 g/mol. The molecule has 0 fully saturated rings. The first-order valence-electron chi connectivity index (χ1n) is 10.1. The van der Waals surface area contributed by atoms with Crippen LogP contribution in [0.4, 0.5) is 0 Å². The molecular weight excluding hydrogens is 304 g/mol. The van der Waals surface area contributed by atoms with E-state index in [4.69, 9.17) is 4.74 Å². The topological polar surface area (TPSA) is 9.23 Å². The molecule has 0 aromatic heterocycles. The minimum atomic E-state index is 0.831. The van der Waals surface area contributed by atoms with Gasteiger partial charge in [-0.15, -0.1) is 0 Å². The molecule has 0 aliphatic rings. The molecule has 0 saturated carbocycles. The molecule has 1 atom stereocenters. The van der Waals surface area contributed by atoms with E-state index in [-0.39, 0.29) is 0 Å². The highest BCUT2D eigenvalue weighted by molar-refractivity contribution is 5.33. The molecule has 136 valence electrons. The third-order valence-electron chi connectivity index (χ3n) is 4.86. The summed E-state index contributed by atoms with van der Waals surface area (Å²) < 4.78 is 5.90. The lowest BCUT2D eigenvalue weighted by molar-refractivity contribution is 0.410. The molecule has 25 heavy (non-hydrogen) atoms. The number of hydrogen-bond donors (Lipinski definition) is 0. The molecule has 2 rings (SSSR count). The first kappa shape index (κ1) is 19.6. The lowest BCUT2D eigenvalue weighted by atomic mass is 9.89. The van der Waals surface area contributed by atoms with Crippen molar-refractivity contribution in [3.05, 3.63) is 60.2 Å². The number of hydrogen-bond acceptors (Lipinski definition) is 1. The normalized spacial score (nSPS) is 12.1. The van der Waals surface area contributed by atoms with Crippen LogP contribution in [0.3, 0.4) is 0 Å². The SMILES string of the molecule is CCCCCCC(CCCC)Cc1ccc(Oc2ccccc2)cc1. The van der Waals surface area contributed by atoms with Crippen molar-refractivity contribution in [1.29, 1.82) is 0 Å². The van der Waals surface area contributed by atoms with E-state index in [1.54, 1.807) is 0 Å². The number of benzene rings is 2. The summed E-state index contributed by atoms with van der Waals surface area (Å²) in [6, 6.07) is 18.7. The van der Waals surface area contributed by atoms with E-state index >= 15 is 0 Å². The zero-order valence-electron chi connectivity index (χ0n) is 16.0. The molecule has 1 nitrogen and oxygen atoms in total. The summed E-state index contributed by atoms with van der Waals surface area (Å²) in [7, 11) is 0. The van der Waals surface area contributed by atoms with Gasteiger partial charge >= 0.3 is 0 Å². The molecule has 0 radical (unpaired) electrons. The predicted molar refractivity (Wildman–Crippen MR) is 108 cm³/mol. The fraction of sp³-hybridized carbons (Fsp3) is 0.500. The van der Waals surface area contributed by atoms with Crippen LogP contribution in [-0.4, -0.2) is 0 Å². The Morgan fingerprint density at radius 1 is 0.680 bits per heavy atom. The van der Waals surface area contributed by atoms with Gasteiger partial charge in [-0.3, -0.25) is 0 Å². The van der Waals surface area contributed by atoms with Gasteiger partial charge in [0.05, 0.1) is 0 Å². The Balaban J connectivity index is 1.87. The Hall–Kier alpha value is -1.76. The van der Waals surface area contributed by atoms with Gasteiger partial charge in [-0.25, -0.2) is 0 Å². The average molecular weight is 339 g/mol. The van der Waals surface area contributed by atoms with Crippen molar-refractivity contribution in [2.45, 2.75) is 71.6 Å². The number of unbranched alkanes of at least 4 members (excludes halogenated alkanes) is 4. The van der Waals surface area contributed by atoms with Crippen molar-refractivity contribution in [2.24, 2.45) is 5.92 Å². The maximum Gasteiger partial charge on any atom is 0.127 e. The number of para-hydroxylation sites is 1. The molecule has 0 aliphatic heterocycles. The van der Waals surface area contributed by atoms with Crippen LogP contribution in [0.2, 0.25) is 0 Å². The highest BCUT2D eigenvalue weighted by atomic mass is 16.5. The van der Waals surface area contributed by atoms with Crippen LogP contribution in [0.25, 0.3) is 0 Å². The lowest BCUT2D eigenvalue weighted by Gasteiger charge is -2.17. The second-order valence-corrected chi connectivity index (χ2v) is 7.12. The van der Waals surface area contributed by atoms with Gasteiger partial charge in [0.1, 0.15) is 11.5 Å². The van der Waals surface area contributed by atoms with E-state index in [0.717, 1.165) is 17.4 Å². The van der Waals surface area contributed by atoms with Crippen LogP contribution < -0.4 is 4.74 Å². The second kappa shape index (κ2) is 11.7. The van der Waals surface area contributed by atoms with Crippen molar-refractivity contribution in [3.8, 4) is 11.5 Å². The van der Waals surface area contributed by atoms with Crippen LogP contribution in [0.15, 0.2) is 54.6 Å². The van der Waals surface area contributed by atoms with Gasteiger partial charge in [-0.05, 0) is 42.2 Å². The highest BCUT2D eigenvalue weighted by Crippen LogP contribution is 2.25. The Morgan fingerprint density at radius 3 is 2.00 bits per heavy atom. The maximum atomic E-state index is 5.90. The molecule has 2 aromatic carbocycles. The largest absolute Gasteiger partial charge is 0.457 e. The summed E-state index contributed by atoms with van der Waals surface area (Å²) in [5.74, 6) is 2.65. The van der Waals surface area contributed by atoms with Gasteiger partial charge in [0.15, 0.2) is 0 Å². The molecule has 0 aliphatic carbocycles. The van der Waals surface area contributed by atoms with Crippen molar-refractivity contribution >= 4 is 0 Å². The van der Waals surface area contributed by atoms with Crippen molar-refractivity contribution < 1.29 is 4.74 Å². The van der Waals surface area contributed by atoms with E-state index in [2.05, 4.69) is 38.1 Å². The van der Waals surface area contributed by atoms with E-state index in [1.807, 2.05) is 30.3 Å². The standard InChI is InChI=1S/C24H34O/c1-3-5-7-9-13-21(12-6-4-2)20-22-16-18-24(19-17-22)25-23-14-10-8-11-15-23/h8,10-11,14-19,21H,3-7,9,12-13,20H2,1-2H3. The fourth-order valence-electron chi connectivity index (χ4n) is 3.35. The first-order chi connectivity index (χ1) is 12.3. The molecule has 0 N–H and O–H groups in total. The summed E-state index contributed by atoms with van der Waals surface area (Å²) in [5, 5.41) is 0. The zero-order chi connectivity index (χ0) is 17.7. The van der Waals surface area contributed by atoms with Gasteiger partial charge in [0.2, 0.25) is 0 Å². The maximum absolute atomic E-state index is 5.90. The van der Waals surface area contributed by atoms with Gasteiger partial charge in [0.25, 0.3) is 0 Å². The van der Waals surface area contributed by atoms with E-state index in [0.29, 0.717) is 0 Å². The molecule has 0 heterocycles. The van der Waals surface area contributed by atoms with E-state index in [9.17, 15) is 0 Å². The summed E-state index contributed by atoms with van der Waals surface area (Å²) in [6.07, 6.45) is 12.1. The van der Waals surface area contributed by atoms with Gasteiger partial charge in [-0.2, -0.15) is 0 Å². The Bertz CT molecular complexity index is 558. The third kappa shape index (κ3) is 7.77. The summed E-state index contributed by atoms with van der Waals surface area (Å²) in [5.41, 5.74) is 1.44. The summed E-state index contributed by atoms with van der Waals surface area (Å²) >= 11 is 0. The predicted octanol–water partition coefficient (Wildman–Crippen LogP) is 7.80. The van der Waals surface area contributed by atoms with Crippen LogP contribution in [-0.2, 0) is 6.42 Å². The quantitative estimate of drug-likeness (QED) is 0.359. The minimum Gasteiger partial charge on any atom is -0.457 e. The fourth-order valence-corrected chi connectivity index (χ4v) is 3.35. The van der Waals surface area contributed by atoms with Gasteiger partial charge in [0, 0.05) is 0 Å².